The van der Waals surface area contributed by atoms with E-state index in [9.17, 15) is 0 Å². The summed E-state index contributed by atoms with van der Waals surface area (Å²) in [5.41, 5.74) is 1.95. The van der Waals surface area contributed by atoms with E-state index in [1.807, 2.05) is 24.7 Å². The first-order chi connectivity index (χ1) is 8.67. The van der Waals surface area contributed by atoms with Crippen LogP contribution in [0.3, 0.4) is 0 Å². The van der Waals surface area contributed by atoms with Crippen LogP contribution in [-0.2, 0) is 6.54 Å². The zero-order chi connectivity index (χ0) is 13.1. The molecule has 0 radical (unpaired) electrons. The molecule has 0 aliphatic rings. The fourth-order valence-corrected chi connectivity index (χ4v) is 2.26. The molecule has 0 fully saturated rings. The Bertz CT molecular complexity index is 549. The van der Waals surface area contributed by atoms with E-state index >= 15 is 0 Å². The van der Waals surface area contributed by atoms with Gasteiger partial charge in [-0.05, 0) is 42.0 Å². The second-order valence-corrected chi connectivity index (χ2v) is 5.06. The van der Waals surface area contributed by atoms with Crippen LogP contribution in [0.15, 0.2) is 12.3 Å². The lowest BCUT2D eigenvalue weighted by atomic mass is 10.3. The van der Waals surface area contributed by atoms with Gasteiger partial charge in [-0.1, -0.05) is 6.92 Å². The van der Waals surface area contributed by atoms with Gasteiger partial charge < -0.3 is 5.32 Å². The van der Waals surface area contributed by atoms with E-state index in [0.29, 0.717) is 0 Å². The van der Waals surface area contributed by atoms with Gasteiger partial charge in [0, 0.05) is 19.8 Å². The van der Waals surface area contributed by atoms with Crippen molar-refractivity contribution in [3.05, 3.63) is 21.5 Å². The molecule has 0 aromatic carbocycles. The van der Waals surface area contributed by atoms with Crippen molar-refractivity contribution in [2.45, 2.75) is 26.8 Å². The van der Waals surface area contributed by atoms with Crippen molar-refractivity contribution in [2.75, 3.05) is 12.4 Å². The minimum Gasteiger partial charge on any atom is -0.372 e. The topological polar surface area (TPSA) is 55.6 Å². The number of anilines is 1. The summed E-state index contributed by atoms with van der Waals surface area (Å²) >= 11 is 2.25. The minimum absolute atomic E-state index is 0.725. The Balaban J connectivity index is 2.50. The van der Waals surface area contributed by atoms with Crippen LogP contribution in [0.4, 0.5) is 5.82 Å². The summed E-state index contributed by atoms with van der Waals surface area (Å²) in [7, 11) is 1.87. The molecule has 6 heteroatoms. The van der Waals surface area contributed by atoms with E-state index in [1.54, 1.807) is 6.20 Å². The molecule has 0 aliphatic carbocycles. The van der Waals surface area contributed by atoms with Crippen LogP contribution >= 0.6 is 22.6 Å². The summed E-state index contributed by atoms with van der Waals surface area (Å²) in [4.78, 5) is 9.09. The molecule has 0 bridgehead atoms. The predicted molar refractivity (Wildman–Crippen MR) is 80.5 cm³/mol. The molecule has 18 heavy (non-hydrogen) atoms. The van der Waals surface area contributed by atoms with E-state index in [-0.39, 0.29) is 0 Å². The second kappa shape index (κ2) is 5.64. The van der Waals surface area contributed by atoms with Gasteiger partial charge in [0.15, 0.2) is 5.82 Å². The molecule has 5 nitrogen and oxygen atoms in total. The third kappa shape index (κ3) is 2.47. The lowest BCUT2D eigenvalue weighted by Crippen LogP contribution is -2.07. The van der Waals surface area contributed by atoms with Gasteiger partial charge >= 0.3 is 0 Å². The molecule has 96 valence electrons. The Morgan fingerprint density at radius 1 is 1.39 bits per heavy atom. The first kappa shape index (κ1) is 13.3. The first-order valence-electron chi connectivity index (χ1n) is 5.91. The minimum atomic E-state index is 0.725. The summed E-state index contributed by atoms with van der Waals surface area (Å²) in [5.74, 6) is 1.59. The van der Waals surface area contributed by atoms with Crippen LogP contribution in [-0.4, -0.2) is 26.8 Å². The van der Waals surface area contributed by atoms with Gasteiger partial charge in [0.25, 0.3) is 0 Å². The average molecular weight is 357 g/mol. The number of hydrogen-bond acceptors (Lipinski definition) is 4. The maximum Gasteiger partial charge on any atom is 0.180 e. The van der Waals surface area contributed by atoms with Crippen LogP contribution in [0.1, 0.15) is 19.0 Å². The van der Waals surface area contributed by atoms with Gasteiger partial charge in [-0.2, -0.15) is 5.10 Å². The highest BCUT2D eigenvalue weighted by Crippen LogP contribution is 2.23. The molecule has 0 spiro atoms. The van der Waals surface area contributed by atoms with Gasteiger partial charge in [0.05, 0.1) is 9.26 Å². The zero-order valence-electron chi connectivity index (χ0n) is 10.7. The average Bonchev–Trinajstić information content (AvgIpc) is 2.81. The Morgan fingerprint density at radius 2 is 2.17 bits per heavy atom. The summed E-state index contributed by atoms with van der Waals surface area (Å²) in [6.07, 6.45) is 2.83. The Labute approximate surface area is 120 Å². The number of aromatic nitrogens is 4. The molecule has 2 rings (SSSR count). The monoisotopic (exact) mass is 357 g/mol. The number of nitrogens with one attached hydrogen (secondary N) is 1. The summed E-state index contributed by atoms with van der Waals surface area (Å²) in [6.45, 7) is 5.00. The molecule has 0 saturated carbocycles. The van der Waals surface area contributed by atoms with Crippen molar-refractivity contribution < 1.29 is 0 Å². The largest absolute Gasteiger partial charge is 0.372 e. The Kier molecular flexibility index (Phi) is 4.15. The Morgan fingerprint density at radius 3 is 2.83 bits per heavy atom. The quantitative estimate of drug-likeness (QED) is 0.855. The second-order valence-electron chi connectivity index (χ2n) is 3.98. The lowest BCUT2D eigenvalue weighted by Gasteiger charge is -2.10. The lowest BCUT2D eigenvalue weighted by molar-refractivity contribution is 0.606. The van der Waals surface area contributed by atoms with Gasteiger partial charge in [-0.15, -0.1) is 0 Å². The summed E-state index contributed by atoms with van der Waals surface area (Å²) < 4.78 is 3.00. The number of halogens is 1. The van der Waals surface area contributed by atoms with Crippen molar-refractivity contribution in [2.24, 2.45) is 0 Å². The zero-order valence-corrected chi connectivity index (χ0v) is 12.9. The molecular weight excluding hydrogens is 341 g/mol. The third-order valence-corrected chi connectivity index (χ3v) is 3.93. The van der Waals surface area contributed by atoms with Gasteiger partial charge in [0.1, 0.15) is 11.5 Å². The highest BCUT2D eigenvalue weighted by atomic mass is 127. The van der Waals surface area contributed by atoms with Gasteiger partial charge in [-0.3, -0.25) is 4.68 Å². The number of aryl methyl sites for hydroxylation is 2. The van der Waals surface area contributed by atoms with Crippen LogP contribution in [0.2, 0.25) is 0 Å². The fourth-order valence-electron chi connectivity index (χ4n) is 1.75. The van der Waals surface area contributed by atoms with Crippen molar-refractivity contribution in [1.82, 2.24) is 19.7 Å². The van der Waals surface area contributed by atoms with Crippen molar-refractivity contribution >= 4 is 28.4 Å². The molecule has 1 N–H and O–H groups in total. The van der Waals surface area contributed by atoms with Crippen molar-refractivity contribution in [3.8, 4) is 11.5 Å². The van der Waals surface area contributed by atoms with Crippen LogP contribution in [0.25, 0.3) is 11.5 Å². The maximum absolute atomic E-state index is 4.55. The van der Waals surface area contributed by atoms with E-state index in [0.717, 1.165) is 39.6 Å². The molecule has 2 aromatic rings. The molecule has 0 atom stereocenters. The standard InChI is InChI=1S/C12H16IN5/c1-4-7-18-9(5-6-15-18)11-16-8(2)10(13)12(14-3)17-11/h5-6H,4,7H2,1-3H3,(H,14,16,17). The van der Waals surface area contributed by atoms with Crippen LogP contribution in [0.5, 0.6) is 0 Å². The predicted octanol–water partition coefficient (Wildman–Crippen LogP) is 2.70. The molecule has 0 saturated heterocycles. The smallest absolute Gasteiger partial charge is 0.180 e. The molecular formula is C12H16IN5. The number of hydrogen-bond donors (Lipinski definition) is 1. The third-order valence-electron chi connectivity index (χ3n) is 2.63. The molecule has 2 aromatic heterocycles. The summed E-state index contributed by atoms with van der Waals surface area (Å²) in [5, 5.41) is 7.41. The maximum atomic E-state index is 4.55. The highest BCUT2D eigenvalue weighted by Gasteiger charge is 2.12. The molecule has 0 aliphatic heterocycles. The number of nitrogens with zero attached hydrogens (tertiary/aromatic N) is 4. The van der Waals surface area contributed by atoms with Crippen molar-refractivity contribution in [1.29, 1.82) is 0 Å². The SMILES string of the molecule is CCCn1nccc1-c1nc(C)c(I)c(NC)n1. The molecule has 0 amide bonds. The normalized spacial score (nSPS) is 10.7. The van der Waals surface area contributed by atoms with E-state index in [4.69, 9.17) is 0 Å². The summed E-state index contributed by atoms with van der Waals surface area (Å²) in [6, 6.07) is 1.96. The number of rotatable bonds is 4. The van der Waals surface area contributed by atoms with E-state index in [2.05, 4.69) is 49.9 Å². The molecule has 2 heterocycles. The van der Waals surface area contributed by atoms with E-state index < -0.39 is 0 Å². The fraction of sp³-hybridized carbons (Fsp3) is 0.417. The van der Waals surface area contributed by atoms with Gasteiger partial charge in [-0.25, -0.2) is 9.97 Å². The highest BCUT2D eigenvalue weighted by molar-refractivity contribution is 14.1. The molecule has 0 unspecified atom stereocenters. The van der Waals surface area contributed by atoms with Gasteiger partial charge in [0.2, 0.25) is 0 Å². The van der Waals surface area contributed by atoms with Crippen molar-refractivity contribution in [3.63, 3.8) is 0 Å². The van der Waals surface area contributed by atoms with E-state index in [1.165, 1.54) is 0 Å². The first-order valence-corrected chi connectivity index (χ1v) is 6.99. The van der Waals surface area contributed by atoms with Crippen LogP contribution in [0, 0.1) is 10.5 Å². The van der Waals surface area contributed by atoms with Crippen LogP contribution < -0.4 is 5.32 Å². The Hall–Kier alpha value is -1.18.